The quantitative estimate of drug-likeness (QED) is 0.924. The monoisotopic (exact) mass is 310 g/mol. The summed E-state index contributed by atoms with van der Waals surface area (Å²) in [5, 5.41) is 0. The lowest BCUT2D eigenvalue weighted by Crippen LogP contribution is -2.37. The lowest BCUT2D eigenvalue weighted by atomic mass is 10.0. The molecular weight excluding hydrogens is 288 g/mol. The molecule has 4 nitrogen and oxygen atoms in total. The van der Waals surface area contributed by atoms with E-state index in [4.69, 9.17) is 0 Å². The van der Waals surface area contributed by atoms with Crippen LogP contribution in [-0.4, -0.2) is 22.3 Å². The molecular formula is C19H22N2O2. The van der Waals surface area contributed by atoms with Crippen molar-refractivity contribution in [1.29, 1.82) is 0 Å². The van der Waals surface area contributed by atoms with E-state index in [0.717, 1.165) is 36.9 Å². The summed E-state index contributed by atoms with van der Waals surface area (Å²) in [6, 6.07) is 13.6. The number of likely N-dealkylation sites (tertiary alicyclic amines) is 1. The van der Waals surface area contributed by atoms with Gasteiger partial charge < -0.3 is 9.88 Å². The maximum absolute atomic E-state index is 13.0. The van der Waals surface area contributed by atoms with Crippen LogP contribution in [0.3, 0.4) is 0 Å². The third kappa shape index (κ3) is 3.36. The fraction of sp³-hybridized carbons (Fsp3) is 0.368. The molecule has 1 aromatic carbocycles. The van der Waals surface area contributed by atoms with Gasteiger partial charge >= 0.3 is 0 Å². The molecule has 23 heavy (non-hydrogen) atoms. The van der Waals surface area contributed by atoms with E-state index in [0.29, 0.717) is 6.54 Å². The number of hydrogen-bond acceptors (Lipinski definition) is 2. The largest absolute Gasteiger partial charge is 0.331 e. The maximum atomic E-state index is 13.0. The standard InChI is InChI=1S/C19H22N2O2/c1-14-11-12-16(18(22)20-14)19(23)21-13-7-3-6-10-17(21)15-8-4-2-5-9-15/h2,4-5,8-9,11-12,17H,3,6-7,10,13H2,1H3,(H,20,22)/t17-/m1/s1. The van der Waals surface area contributed by atoms with E-state index in [1.165, 1.54) is 0 Å². The van der Waals surface area contributed by atoms with E-state index in [1.807, 2.05) is 30.0 Å². The van der Waals surface area contributed by atoms with Crippen LogP contribution in [0.2, 0.25) is 0 Å². The number of hydrogen-bond donors (Lipinski definition) is 1. The number of aromatic nitrogens is 1. The predicted octanol–water partition coefficient (Wildman–Crippen LogP) is 3.44. The zero-order valence-electron chi connectivity index (χ0n) is 13.4. The Bertz CT molecular complexity index is 737. The number of carbonyl (C=O) groups excluding carboxylic acids is 1. The Balaban J connectivity index is 1.96. The fourth-order valence-electron chi connectivity index (χ4n) is 3.27. The van der Waals surface area contributed by atoms with Gasteiger partial charge in [-0.1, -0.05) is 43.2 Å². The number of pyridine rings is 1. The minimum atomic E-state index is -0.300. The number of benzene rings is 1. The molecule has 1 amide bonds. The second-order valence-corrected chi connectivity index (χ2v) is 6.16. The third-order valence-electron chi connectivity index (χ3n) is 4.48. The van der Waals surface area contributed by atoms with E-state index in [1.54, 1.807) is 12.1 Å². The first-order valence-corrected chi connectivity index (χ1v) is 8.22. The van der Waals surface area contributed by atoms with Gasteiger partial charge in [-0.25, -0.2) is 0 Å². The molecule has 0 spiro atoms. The van der Waals surface area contributed by atoms with Gasteiger partial charge in [0.2, 0.25) is 0 Å². The van der Waals surface area contributed by atoms with Crippen molar-refractivity contribution in [3.8, 4) is 0 Å². The molecule has 2 heterocycles. The number of rotatable bonds is 2. The average Bonchev–Trinajstić information content (AvgIpc) is 2.81. The SMILES string of the molecule is Cc1ccc(C(=O)N2CCCCC[C@@H]2c2ccccc2)c(=O)[nH]1. The van der Waals surface area contributed by atoms with Crippen LogP contribution < -0.4 is 5.56 Å². The predicted molar refractivity (Wildman–Crippen MR) is 90.5 cm³/mol. The maximum Gasteiger partial charge on any atom is 0.260 e. The van der Waals surface area contributed by atoms with Crippen molar-refractivity contribution in [2.75, 3.05) is 6.54 Å². The molecule has 1 atom stereocenters. The van der Waals surface area contributed by atoms with Crippen molar-refractivity contribution in [3.63, 3.8) is 0 Å². The van der Waals surface area contributed by atoms with Crippen LogP contribution in [0.15, 0.2) is 47.3 Å². The van der Waals surface area contributed by atoms with Gasteiger partial charge in [0.1, 0.15) is 5.56 Å². The van der Waals surface area contributed by atoms with E-state index >= 15 is 0 Å². The van der Waals surface area contributed by atoms with Crippen molar-refractivity contribution in [2.24, 2.45) is 0 Å². The Morgan fingerprint density at radius 3 is 2.61 bits per heavy atom. The molecule has 2 aromatic rings. The molecule has 0 bridgehead atoms. The third-order valence-corrected chi connectivity index (χ3v) is 4.48. The number of aryl methyl sites for hydroxylation is 1. The van der Waals surface area contributed by atoms with Crippen LogP contribution >= 0.6 is 0 Å². The van der Waals surface area contributed by atoms with Crippen LogP contribution in [0.25, 0.3) is 0 Å². The number of nitrogens with zero attached hydrogens (tertiary/aromatic N) is 1. The Labute approximate surface area is 136 Å². The minimum Gasteiger partial charge on any atom is -0.331 e. The van der Waals surface area contributed by atoms with Crippen LogP contribution in [0.4, 0.5) is 0 Å². The first-order valence-electron chi connectivity index (χ1n) is 8.22. The summed E-state index contributed by atoms with van der Waals surface area (Å²) in [7, 11) is 0. The minimum absolute atomic E-state index is 0.0481. The Kier molecular flexibility index (Phi) is 4.60. The van der Waals surface area contributed by atoms with Gasteiger partial charge in [-0.3, -0.25) is 9.59 Å². The highest BCUT2D eigenvalue weighted by atomic mass is 16.2. The van der Waals surface area contributed by atoms with Gasteiger partial charge in [-0.15, -0.1) is 0 Å². The second kappa shape index (κ2) is 6.82. The molecule has 1 aromatic heterocycles. The number of aromatic amines is 1. The molecule has 1 aliphatic heterocycles. The van der Waals surface area contributed by atoms with Gasteiger partial charge in [0.15, 0.2) is 0 Å². The topological polar surface area (TPSA) is 53.2 Å². The number of H-pyrrole nitrogens is 1. The number of carbonyl (C=O) groups is 1. The van der Waals surface area contributed by atoms with Crippen molar-refractivity contribution in [3.05, 3.63) is 69.6 Å². The molecule has 1 aliphatic rings. The van der Waals surface area contributed by atoms with Crippen LogP contribution in [0.1, 0.15) is 53.3 Å². The second-order valence-electron chi connectivity index (χ2n) is 6.16. The number of amides is 1. The molecule has 0 saturated carbocycles. The normalized spacial score (nSPS) is 18.5. The van der Waals surface area contributed by atoms with Gasteiger partial charge in [-0.2, -0.15) is 0 Å². The summed E-state index contributed by atoms with van der Waals surface area (Å²) in [4.78, 5) is 29.7. The molecule has 1 fully saturated rings. The molecule has 0 aliphatic carbocycles. The van der Waals surface area contributed by atoms with Gasteiger partial charge in [0.05, 0.1) is 6.04 Å². The zero-order valence-corrected chi connectivity index (χ0v) is 13.4. The van der Waals surface area contributed by atoms with E-state index < -0.39 is 0 Å². The Morgan fingerprint density at radius 2 is 1.87 bits per heavy atom. The van der Waals surface area contributed by atoms with Crippen LogP contribution in [-0.2, 0) is 0 Å². The first-order chi connectivity index (χ1) is 11.2. The molecule has 1 saturated heterocycles. The molecule has 120 valence electrons. The molecule has 0 radical (unpaired) electrons. The van der Waals surface area contributed by atoms with Gasteiger partial charge in [0.25, 0.3) is 11.5 Å². The summed E-state index contributed by atoms with van der Waals surface area (Å²) >= 11 is 0. The highest BCUT2D eigenvalue weighted by molar-refractivity contribution is 5.94. The summed E-state index contributed by atoms with van der Waals surface area (Å²) in [6.07, 6.45) is 4.16. The van der Waals surface area contributed by atoms with Crippen molar-refractivity contribution >= 4 is 5.91 Å². The van der Waals surface area contributed by atoms with Gasteiger partial charge in [0, 0.05) is 12.2 Å². The summed E-state index contributed by atoms with van der Waals surface area (Å²) in [6.45, 7) is 2.51. The zero-order chi connectivity index (χ0) is 16.2. The van der Waals surface area contributed by atoms with Crippen LogP contribution in [0, 0.1) is 6.92 Å². The summed E-state index contributed by atoms with van der Waals surface area (Å²) < 4.78 is 0. The Hall–Kier alpha value is -2.36. The van der Waals surface area contributed by atoms with E-state index in [9.17, 15) is 9.59 Å². The molecule has 4 heteroatoms. The first kappa shape index (κ1) is 15.5. The smallest absolute Gasteiger partial charge is 0.260 e. The Morgan fingerprint density at radius 1 is 1.09 bits per heavy atom. The van der Waals surface area contributed by atoms with Crippen molar-refractivity contribution in [2.45, 2.75) is 38.6 Å². The fourth-order valence-corrected chi connectivity index (χ4v) is 3.27. The van der Waals surface area contributed by atoms with E-state index in [-0.39, 0.29) is 23.1 Å². The molecule has 3 rings (SSSR count). The average molecular weight is 310 g/mol. The lowest BCUT2D eigenvalue weighted by molar-refractivity contribution is 0.0679. The van der Waals surface area contributed by atoms with E-state index in [2.05, 4.69) is 17.1 Å². The lowest BCUT2D eigenvalue weighted by Gasteiger charge is -2.30. The number of nitrogens with one attached hydrogen (secondary N) is 1. The van der Waals surface area contributed by atoms with Crippen LogP contribution in [0.5, 0.6) is 0 Å². The molecule has 0 unspecified atom stereocenters. The summed E-state index contributed by atoms with van der Waals surface area (Å²) in [5.74, 6) is -0.165. The summed E-state index contributed by atoms with van der Waals surface area (Å²) in [5.41, 5.74) is 1.85. The highest BCUT2D eigenvalue weighted by Crippen LogP contribution is 2.30. The van der Waals surface area contributed by atoms with Crippen molar-refractivity contribution < 1.29 is 4.79 Å². The molecule has 1 N–H and O–H groups in total. The highest BCUT2D eigenvalue weighted by Gasteiger charge is 2.28. The van der Waals surface area contributed by atoms with Gasteiger partial charge in [-0.05, 0) is 37.5 Å². The van der Waals surface area contributed by atoms with Crippen molar-refractivity contribution in [1.82, 2.24) is 9.88 Å².